The third-order valence-corrected chi connectivity index (χ3v) is 11.1. The molecule has 2 rings (SSSR count). The second-order valence-electron chi connectivity index (χ2n) is 10.8. The summed E-state index contributed by atoms with van der Waals surface area (Å²) in [5, 5.41) is 10.5. The fourth-order valence-corrected chi connectivity index (χ4v) is 4.95. The predicted molar refractivity (Wildman–Crippen MR) is 136 cm³/mol. The number of aromatic hydroxyl groups is 1. The zero-order valence-corrected chi connectivity index (χ0v) is 22.1. The van der Waals surface area contributed by atoms with Crippen molar-refractivity contribution in [2.45, 2.75) is 91.0 Å². The van der Waals surface area contributed by atoms with E-state index in [1.165, 1.54) is 5.56 Å². The van der Waals surface area contributed by atoms with Crippen LogP contribution in [0.2, 0.25) is 18.1 Å². The van der Waals surface area contributed by atoms with Crippen LogP contribution < -0.4 is 4.43 Å². The maximum atomic E-state index is 10.4. The van der Waals surface area contributed by atoms with Crippen molar-refractivity contribution in [3.8, 4) is 11.5 Å². The highest BCUT2D eigenvalue weighted by Gasteiger charge is 2.39. The number of hydrogen-bond acceptors (Lipinski definition) is 3. The van der Waals surface area contributed by atoms with Crippen molar-refractivity contribution in [2.24, 2.45) is 0 Å². The van der Waals surface area contributed by atoms with Crippen molar-refractivity contribution in [3.05, 3.63) is 59.7 Å². The van der Waals surface area contributed by atoms with Crippen LogP contribution in [0.25, 0.3) is 0 Å². The van der Waals surface area contributed by atoms with E-state index in [4.69, 9.17) is 4.43 Å². The predicted octanol–water partition coefficient (Wildman–Crippen LogP) is 7.42. The molecular weight excluding hydrogens is 398 g/mol. The van der Waals surface area contributed by atoms with Crippen LogP contribution in [-0.4, -0.2) is 37.0 Å². The van der Waals surface area contributed by atoms with Gasteiger partial charge in [-0.1, -0.05) is 51.1 Å². The van der Waals surface area contributed by atoms with Gasteiger partial charge in [0.05, 0.1) is 0 Å². The van der Waals surface area contributed by atoms with E-state index in [2.05, 4.69) is 96.8 Å². The zero-order valence-electron chi connectivity index (χ0n) is 21.1. The van der Waals surface area contributed by atoms with Crippen molar-refractivity contribution in [3.63, 3.8) is 0 Å². The lowest BCUT2D eigenvalue weighted by atomic mass is 9.87. The Morgan fingerprint density at radius 3 is 2.03 bits per heavy atom. The number of rotatable bonds is 9. The van der Waals surface area contributed by atoms with Gasteiger partial charge >= 0.3 is 0 Å². The Kier molecular flexibility index (Phi) is 8.40. The van der Waals surface area contributed by atoms with Crippen LogP contribution in [0.5, 0.6) is 11.5 Å². The molecule has 0 aliphatic carbocycles. The molecule has 0 bridgehead atoms. The molecule has 31 heavy (non-hydrogen) atoms. The van der Waals surface area contributed by atoms with Gasteiger partial charge in [-0.2, -0.15) is 0 Å². The first-order chi connectivity index (χ1) is 14.3. The quantitative estimate of drug-likeness (QED) is 0.411. The molecule has 0 aliphatic heterocycles. The summed E-state index contributed by atoms with van der Waals surface area (Å²) >= 11 is 0. The van der Waals surface area contributed by atoms with Gasteiger partial charge in [0.25, 0.3) is 0 Å². The first kappa shape index (κ1) is 25.5. The average molecular weight is 442 g/mol. The van der Waals surface area contributed by atoms with Gasteiger partial charge in [-0.15, -0.1) is 0 Å². The zero-order chi connectivity index (χ0) is 23.4. The molecule has 0 amide bonds. The van der Waals surface area contributed by atoms with Crippen LogP contribution in [-0.2, 0) is 0 Å². The van der Waals surface area contributed by atoms with Crippen molar-refractivity contribution >= 4 is 8.32 Å². The molecular formula is C27H43NO2Si. The summed E-state index contributed by atoms with van der Waals surface area (Å²) in [6.07, 6.45) is 0.970. The molecule has 0 saturated carbocycles. The number of benzene rings is 2. The van der Waals surface area contributed by atoms with E-state index in [0.29, 0.717) is 17.8 Å². The molecule has 0 saturated heterocycles. The topological polar surface area (TPSA) is 32.7 Å². The summed E-state index contributed by atoms with van der Waals surface area (Å²) in [6.45, 7) is 21.4. The Morgan fingerprint density at radius 2 is 1.52 bits per heavy atom. The average Bonchev–Trinajstić information content (AvgIpc) is 2.66. The van der Waals surface area contributed by atoms with E-state index < -0.39 is 8.32 Å². The van der Waals surface area contributed by atoms with Crippen molar-refractivity contribution < 1.29 is 9.53 Å². The molecule has 1 N–H and O–H groups in total. The Bertz CT molecular complexity index is 817. The minimum Gasteiger partial charge on any atom is -0.543 e. The number of phenolic OH excluding ortho intramolecular Hbond substituents is 1. The Labute approximate surface area is 191 Å². The van der Waals surface area contributed by atoms with Crippen LogP contribution in [0.4, 0.5) is 0 Å². The van der Waals surface area contributed by atoms with Crippen LogP contribution in [0.3, 0.4) is 0 Å². The molecule has 0 aliphatic rings. The van der Waals surface area contributed by atoms with Crippen molar-refractivity contribution in [2.75, 3.05) is 6.54 Å². The van der Waals surface area contributed by atoms with E-state index in [-0.39, 0.29) is 11.0 Å². The molecule has 0 spiro atoms. The fraction of sp³-hybridized carbons (Fsp3) is 0.556. The second-order valence-corrected chi connectivity index (χ2v) is 15.5. The highest BCUT2D eigenvalue weighted by atomic mass is 28.4. The van der Waals surface area contributed by atoms with Gasteiger partial charge in [-0.3, -0.25) is 4.90 Å². The van der Waals surface area contributed by atoms with Gasteiger partial charge in [-0.25, -0.2) is 0 Å². The molecule has 1 unspecified atom stereocenters. The maximum Gasteiger partial charge on any atom is 0.250 e. The standard InChI is InChI=1S/C27H43NO2Si/c1-20(2)28(21(3)4)18-17-24(22-13-11-10-12-14-22)25-19-23(29)15-16-26(25)30-31(8,9)27(5,6)7/h10-16,19-21,24,29H,17-18H2,1-9H3. The SMILES string of the molecule is CC(C)N(CCC(c1ccccc1)c1cc(O)ccc1O[Si](C)(C)C(C)(C)C)C(C)C. The lowest BCUT2D eigenvalue weighted by Gasteiger charge is -2.38. The Balaban J connectivity index is 2.50. The highest BCUT2D eigenvalue weighted by Crippen LogP contribution is 2.42. The smallest absolute Gasteiger partial charge is 0.250 e. The highest BCUT2D eigenvalue weighted by molar-refractivity contribution is 6.74. The summed E-state index contributed by atoms with van der Waals surface area (Å²) in [7, 11) is -2.01. The number of nitrogens with zero attached hydrogens (tertiary/aromatic N) is 1. The normalized spacial score (nSPS) is 13.8. The monoisotopic (exact) mass is 441 g/mol. The van der Waals surface area contributed by atoms with Gasteiger partial charge in [0, 0.05) is 23.6 Å². The summed E-state index contributed by atoms with van der Waals surface area (Å²) in [6, 6.07) is 17.3. The van der Waals surface area contributed by atoms with Crippen LogP contribution in [0.15, 0.2) is 48.5 Å². The van der Waals surface area contributed by atoms with E-state index >= 15 is 0 Å². The molecule has 2 aromatic carbocycles. The molecule has 3 nitrogen and oxygen atoms in total. The maximum absolute atomic E-state index is 10.4. The second kappa shape index (κ2) is 10.2. The summed E-state index contributed by atoms with van der Waals surface area (Å²) in [4.78, 5) is 2.53. The van der Waals surface area contributed by atoms with Gasteiger partial charge < -0.3 is 9.53 Å². The van der Waals surface area contributed by atoms with Gasteiger partial charge in [0.15, 0.2) is 0 Å². The number of phenols is 1. The van der Waals surface area contributed by atoms with Crippen molar-refractivity contribution in [1.29, 1.82) is 0 Å². The first-order valence-corrected chi connectivity index (χ1v) is 14.6. The summed E-state index contributed by atoms with van der Waals surface area (Å²) in [5.41, 5.74) is 2.35. The van der Waals surface area contributed by atoms with E-state index in [1.54, 1.807) is 6.07 Å². The summed E-state index contributed by atoms with van der Waals surface area (Å²) in [5.74, 6) is 1.37. The lowest BCUT2D eigenvalue weighted by Crippen LogP contribution is -2.44. The van der Waals surface area contributed by atoms with Crippen LogP contribution in [0, 0.1) is 0 Å². The van der Waals surface area contributed by atoms with E-state index in [0.717, 1.165) is 24.3 Å². The number of hydrogen-bond donors (Lipinski definition) is 1. The minimum absolute atomic E-state index is 0.108. The Hall–Kier alpha value is -1.78. The van der Waals surface area contributed by atoms with E-state index in [1.807, 2.05) is 12.1 Å². The van der Waals surface area contributed by atoms with Gasteiger partial charge in [0.1, 0.15) is 11.5 Å². The molecule has 2 aromatic rings. The molecule has 0 aromatic heterocycles. The van der Waals surface area contributed by atoms with E-state index in [9.17, 15) is 5.11 Å². The Morgan fingerprint density at radius 1 is 0.935 bits per heavy atom. The third kappa shape index (κ3) is 6.60. The molecule has 0 radical (unpaired) electrons. The minimum atomic E-state index is -2.01. The third-order valence-electron chi connectivity index (χ3n) is 6.74. The first-order valence-electron chi connectivity index (χ1n) is 11.7. The molecule has 1 atom stereocenters. The largest absolute Gasteiger partial charge is 0.543 e. The lowest BCUT2D eigenvalue weighted by molar-refractivity contribution is 0.170. The van der Waals surface area contributed by atoms with Crippen molar-refractivity contribution in [1.82, 2.24) is 4.90 Å². The van der Waals surface area contributed by atoms with Gasteiger partial charge in [0.2, 0.25) is 8.32 Å². The fourth-order valence-electron chi connectivity index (χ4n) is 3.91. The van der Waals surface area contributed by atoms with Crippen LogP contribution >= 0.6 is 0 Å². The van der Waals surface area contributed by atoms with Gasteiger partial charge in [-0.05, 0) is 82.6 Å². The summed E-state index contributed by atoms with van der Waals surface area (Å²) < 4.78 is 6.77. The molecule has 172 valence electrons. The molecule has 0 heterocycles. The van der Waals surface area contributed by atoms with Crippen LogP contribution in [0.1, 0.15) is 71.9 Å². The molecule has 0 fully saturated rings. The molecule has 4 heteroatoms.